The van der Waals surface area contributed by atoms with Gasteiger partial charge in [0, 0.05) is 10.6 Å². The van der Waals surface area contributed by atoms with E-state index in [9.17, 15) is 14.9 Å². The molecule has 0 saturated heterocycles. The summed E-state index contributed by atoms with van der Waals surface area (Å²) < 4.78 is 19.4. The van der Waals surface area contributed by atoms with E-state index in [0.717, 1.165) is 15.1 Å². The van der Waals surface area contributed by atoms with Crippen molar-refractivity contribution in [1.82, 2.24) is 15.5 Å². The number of aromatic nitrogens is 2. The fourth-order valence-electron chi connectivity index (χ4n) is 3.32. The number of nitrogens with one attached hydrogen (secondary N) is 2. The lowest BCUT2D eigenvalue weighted by Crippen LogP contribution is -2.23. The van der Waals surface area contributed by atoms with E-state index in [1.807, 2.05) is 6.07 Å². The maximum absolute atomic E-state index is 13.3. The van der Waals surface area contributed by atoms with Crippen LogP contribution in [0.15, 0.2) is 47.2 Å². The predicted molar refractivity (Wildman–Crippen MR) is 104 cm³/mol. The van der Waals surface area contributed by atoms with Crippen molar-refractivity contribution in [2.24, 2.45) is 0 Å². The van der Waals surface area contributed by atoms with Crippen LogP contribution in [0.4, 0.5) is 4.39 Å². The molecule has 1 unspecified atom stereocenters. The van der Waals surface area contributed by atoms with E-state index in [-0.39, 0.29) is 5.82 Å². The first-order valence-corrected chi connectivity index (χ1v) is 9.19. The highest BCUT2D eigenvalue weighted by Gasteiger charge is 2.33. The van der Waals surface area contributed by atoms with Crippen molar-refractivity contribution in [2.45, 2.75) is 12.8 Å². The Balaban J connectivity index is 1.92. The lowest BCUT2D eigenvalue weighted by atomic mass is 9.84. The summed E-state index contributed by atoms with van der Waals surface area (Å²) in [6.07, 6.45) is 0. The fraction of sp³-hybridized carbons (Fsp3) is 0.150. The standard InChI is InChI=1S/C20H14FN5OS/c1-10-13(8-22)17(16-7-15-19(28-16)20(27-2)26-25-15)14(9-23)18(24-10)11-3-5-12(21)6-4-11/h3-7,17,24H,1-2H3,(H,25,26). The topological polar surface area (TPSA) is 97.5 Å². The van der Waals surface area contributed by atoms with Crippen LogP contribution in [0.2, 0.25) is 0 Å². The van der Waals surface area contributed by atoms with E-state index in [4.69, 9.17) is 4.74 Å². The van der Waals surface area contributed by atoms with Gasteiger partial charge in [-0.15, -0.1) is 16.4 Å². The Kier molecular flexibility index (Phi) is 4.34. The van der Waals surface area contributed by atoms with Crippen molar-refractivity contribution in [3.63, 3.8) is 0 Å². The summed E-state index contributed by atoms with van der Waals surface area (Å²) in [7, 11) is 1.54. The number of hydrogen-bond acceptors (Lipinski definition) is 6. The summed E-state index contributed by atoms with van der Waals surface area (Å²) in [5, 5.41) is 29.8. The van der Waals surface area contributed by atoms with Crippen molar-refractivity contribution in [3.8, 4) is 18.0 Å². The first-order chi connectivity index (χ1) is 13.6. The van der Waals surface area contributed by atoms with Crippen LogP contribution in [0, 0.1) is 28.5 Å². The van der Waals surface area contributed by atoms with E-state index in [0.29, 0.717) is 34.0 Å². The van der Waals surface area contributed by atoms with Gasteiger partial charge in [0.1, 0.15) is 10.5 Å². The Morgan fingerprint density at radius 2 is 1.89 bits per heavy atom. The minimum absolute atomic E-state index is 0.354. The quantitative estimate of drug-likeness (QED) is 0.698. The second-order valence-electron chi connectivity index (χ2n) is 6.24. The van der Waals surface area contributed by atoms with Crippen LogP contribution >= 0.6 is 11.3 Å². The number of dihydropyridines is 1. The molecular formula is C20H14FN5OS. The second-order valence-corrected chi connectivity index (χ2v) is 7.32. The molecule has 6 nitrogen and oxygen atoms in total. The highest BCUT2D eigenvalue weighted by Crippen LogP contribution is 2.45. The third kappa shape index (κ3) is 2.72. The number of allylic oxidation sites excluding steroid dienone is 3. The normalized spacial score (nSPS) is 16.7. The van der Waals surface area contributed by atoms with Gasteiger partial charge in [-0.1, -0.05) is 0 Å². The molecule has 8 heteroatoms. The molecule has 138 valence electrons. The van der Waals surface area contributed by atoms with E-state index in [1.165, 1.54) is 30.6 Å². The van der Waals surface area contributed by atoms with Crippen molar-refractivity contribution < 1.29 is 9.13 Å². The monoisotopic (exact) mass is 391 g/mol. The Bertz CT molecular complexity index is 1220. The van der Waals surface area contributed by atoms with E-state index in [2.05, 4.69) is 27.7 Å². The minimum atomic E-state index is -0.521. The molecule has 0 amide bonds. The smallest absolute Gasteiger partial charge is 0.250 e. The zero-order chi connectivity index (χ0) is 19.8. The molecule has 28 heavy (non-hydrogen) atoms. The number of benzene rings is 1. The molecule has 4 rings (SSSR count). The number of rotatable bonds is 3. The number of fused-ring (bicyclic) bond motifs is 1. The summed E-state index contributed by atoms with van der Waals surface area (Å²) in [6.45, 7) is 1.80. The van der Waals surface area contributed by atoms with Crippen LogP contribution in [0.3, 0.4) is 0 Å². The van der Waals surface area contributed by atoms with Gasteiger partial charge in [-0.25, -0.2) is 4.39 Å². The van der Waals surface area contributed by atoms with Crippen LogP contribution in [0.25, 0.3) is 15.9 Å². The molecule has 2 N–H and O–H groups in total. The maximum atomic E-state index is 13.3. The molecule has 0 bridgehead atoms. The summed E-state index contributed by atoms with van der Waals surface area (Å²) >= 11 is 1.42. The van der Waals surface area contributed by atoms with Gasteiger partial charge >= 0.3 is 0 Å². The number of H-pyrrole nitrogens is 1. The molecule has 0 aliphatic carbocycles. The number of ether oxygens (including phenoxy) is 1. The average Bonchev–Trinajstić information content (AvgIpc) is 3.28. The molecule has 3 aromatic rings. The minimum Gasteiger partial charge on any atom is -0.479 e. The maximum Gasteiger partial charge on any atom is 0.250 e. The lowest BCUT2D eigenvalue weighted by Gasteiger charge is -2.27. The highest BCUT2D eigenvalue weighted by molar-refractivity contribution is 7.19. The van der Waals surface area contributed by atoms with Gasteiger partial charge < -0.3 is 10.1 Å². The second kappa shape index (κ2) is 6.84. The molecule has 1 atom stereocenters. The van der Waals surface area contributed by atoms with E-state index >= 15 is 0 Å². The summed E-state index contributed by atoms with van der Waals surface area (Å²) in [4.78, 5) is 0.829. The van der Waals surface area contributed by atoms with Crippen LogP contribution in [-0.2, 0) is 0 Å². The number of thiophene rings is 1. The van der Waals surface area contributed by atoms with Gasteiger partial charge in [0.2, 0.25) is 5.88 Å². The Hall–Kier alpha value is -3.62. The fourth-order valence-corrected chi connectivity index (χ4v) is 4.52. The number of nitrogens with zero attached hydrogens (tertiary/aromatic N) is 3. The van der Waals surface area contributed by atoms with Crippen LogP contribution in [0.1, 0.15) is 23.3 Å². The van der Waals surface area contributed by atoms with Gasteiger partial charge in [-0.05, 0) is 42.8 Å². The summed E-state index contributed by atoms with van der Waals surface area (Å²) in [5.74, 6) is -0.403. The Morgan fingerprint density at radius 3 is 2.54 bits per heavy atom. The number of aromatic amines is 1. The summed E-state index contributed by atoms with van der Waals surface area (Å²) in [5.41, 5.74) is 3.58. The van der Waals surface area contributed by atoms with Crippen molar-refractivity contribution in [1.29, 1.82) is 10.5 Å². The SMILES string of the molecule is COc1n[nH]c2cc(C3C(C#N)=C(C)NC(c4ccc(F)cc4)=C3C#N)sc12. The van der Waals surface area contributed by atoms with Gasteiger partial charge in [0.05, 0.1) is 47.5 Å². The molecule has 1 aliphatic rings. The van der Waals surface area contributed by atoms with Gasteiger partial charge in [0.15, 0.2) is 0 Å². The molecule has 2 aromatic heterocycles. The van der Waals surface area contributed by atoms with Crippen LogP contribution in [-0.4, -0.2) is 17.3 Å². The molecular weight excluding hydrogens is 377 g/mol. The molecule has 0 radical (unpaired) electrons. The number of halogens is 1. The van der Waals surface area contributed by atoms with Crippen molar-refractivity contribution in [3.05, 3.63) is 63.4 Å². The van der Waals surface area contributed by atoms with Crippen molar-refractivity contribution in [2.75, 3.05) is 7.11 Å². The first-order valence-electron chi connectivity index (χ1n) is 8.37. The number of hydrogen-bond donors (Lipinski definition) is 2. The van der Waals surface area contributed by atoms with Gasteiger partial charge in [-0.3, -0.25) is 5.10 Å². The van der Waals surface area contributed by atoms with E-state index in [1.54, 1.807) is 19.1 Å². The molecule has 0 spiro atoms. The molecule has 1 aromatic carbocycles. The third-order valence-electron chi connectivity index (χ3n) is 4.64. The zero-order valence-electron chi connectivity index (χ0n) is 15.0. The third-order valence-corrected chi connectivity index (χ3v) is 5.83. The molecule has 0 saturated carbocycles. The average molecular weight is 391 g/mol. The Morgan fingerprint density at radius 1 is 1.18 bits per heavy atom. The largest absolute Gasteiger partial charge is 0.479 e. The van der Waals surface area contributed by atoms with E-state index < -0.39 is 5.92 Å². The molecule has 1 aliphatic heterocycles. The van der Waals surface area contributed by atoms with Gasteiger partial charge in [-0.2, -0.15) is 10.5 Å². The number of methoxy groups -OCH3 is 1. The lowest BCUT2D eigenvalue weighted by molar-refractivity contribution is 0.402. The summed E-state index contributed by atoms with van der Waals surface area (Å²) in [6, 6.07) is 12.3. The molecule has 3 heterocycles. The molecule has 0 fully saturated rings. The number of nitriles is 2. The zero-order valence-corrected chi connectivity index (χ0v) is 15.8. The highest BCUT2D eigenvalue weighted by atomic mass is 32.1. The van der Waals surface area contributed by atoms with Crippen LogP contribution < -0.4 is 10.1 Å². The predicted octanol–water partition coefficient (Wildman–Crippen LogP) is 4.19. The Labute approximate surface area is 164 Å². The van der Waals surface area contributed by atoms with Crippen LogP contribution in [0.5, 0.6) is 5.88 Å². The van der Waals surface area contributed by atoms with Gasteiger partial charge in [0.25, 0.3) is 0 Å². The van der Waals surface area contributed by atoms with Crippen molar-refractivity contribution >= 4 is 27.3 Å². The first kappa shape index (κ1) is 17.8.